The molecule has 0 fully saturated rings. The van der Waals surface area contributed by atoms with Gasteiger partial charge in [-0.3, -0.25) is 5.10 Å². The number of benzene rings is 3. The number of H-pyrrole nitrogens is 1. The van der Waals surface area contributed by atoms with Crippen molar-refractivity contribution in [2.24, 2.45) is 5.73 Å². The van der Waals surface area contributed by atoms with Crippen LogP contribution in [0.4, 0.5) is 0 Å². The van der Waals surface area contributed by atoms with E-state index >= 15 is 0 Å². The SMILES string of the molecule is COc1cc([C@H]2C(C#N)=C(N)Oc3n[nH]c(-c4ccc5ccccc5c4)c32)cc(OC)c1OC. The first-order valence-electron chi connectivity index (χ1n) is 10.5. The number of rotatable bonds is 5. The number of fused-ring (bicyclic) bond motifs is 2. The molecule has 0 bridgehead atoms. The maximum absolute atomic E-state index is 10.0. The third-order valence-corrected chi connectivity index (χ3v) is 6.00. The van der Waals surface area contributed by atoms with Gasteiger partial charge in [-0.1, -0.05) is 36.4 Å². The van der Waals surface area contributed by atoms with Gasteiger partial charge in [-0.15, -0.1) is 5.10 Å². The van der Waals surface area contributed by atoms with E-state index < -0.39 is 5.92 Å². The van der Waals surface area contributed by atoms with Gasteiger partial charge in [-0.25, -0.2) is 0 Å². The van der Waals surface area contributed by atoms with Crippen molar-refractivity contribution in [1.29, 1.82) is 5.26 Å². The predicted octanol–water partition coefficient (Wildman–Crippen LogP) is 4.47. The topological polar surface area (TPSA) is 115 Å². The third-order valence-electron chi connectivity index (χ3n) is 6.00. The summed E-state index contributed by atoms with van der Waals surface area (Å²) in [6.45, 7) is 0. The highest BCUT2D eigenvalue weighted by molar-refractivity contribution is 5.87. The number of ether oxygens (including phenoxy) is 4. The van der Waals surface area contributed by atoms with Gasteiger partial charge in [0.1, 0.15) is 11.6 Å². The quantitative estimate of drug-likeness (QED) is 0.457. The van der Waals surface area contributed by atoms with E-state index in [1.165, 1.54) is 0 Å². The normalized spacial score (nSPS) is 14.8. The zero-order valence-electron chi connectivity index (χ0n) is 18.9. The average molecular weight is 454 g/mol. The minimum atomic E-state index is -0.567. The molecule has 1 aliphatic heterocycles. The molecule has 0 radical (unpaired) electrons. The number of allylic oxidation sites excluding steroid dienone is 1. The Bertz CT molecular complexity index is 1460. The van der Waals surface area contributed by atoms with Crippen molar-refractivity contribution >= 4 is 10.8 Å². The van der Waals surface area contributed by atoms with Crippen LogP contribution >= 0.6 is 0 Å². The molecule has 170 valence electrons. The Hall–Kier alpha value is -4.64. The number of aromatic amines is 1. The molecule has 8 heteroatoms. The minimum Gasteiger partial charge on any atom is -0.493 e. The van der Waals surface area contributed by atoms with Crippen molar-refractivity contribution in [3.63, 3.8) is 0 Å². The first-order chi connectivity index (χ1) is 16.6. The zero-order chi connectivity index (χ0) is 23.8. The summed E-state index contributed by atoms with van der Waals surface area (Å²) in [6.07, 6.45) is 0. The Kier molecular flexibility index (Phi) is 5.22. The summed E-state index contributed by atoms with van der Waals surface area (Å²) in [7, 11) is 4.63. The molecule has 1 aromatic heterocycles. The summed E-state index contributed by atoms with van der Waals surface area (Å²) in [6, 6.07) is 20.1. The molecular formula is C26H22N4O4. The Labute approximate surface area is 196 Å². The van der Waals surface area contributed by atoms with E-state index in [2.05, 4.69) is 28.4 Å². The molecule has 5 rings (SSSR count). The van der Waals surface area contributed by atoms with Crippen molar-refractivity contribution in [1.82, 2.24) is 10.2 Å². The van der Waals surface area contributed by atoms with Crippen LogP contribution in [0, 0.1) is 11.3 Å². The Morgan fingerprint density at radius 1 is 0.971 bits per heavy atom. The number of nitrogens with zero attached hydrogens (tertiary/aromatic N) is 2. The molecule has 0 saturated carbocycles. The lowest BCUT2D eigenvalue weighted by Gasteiger charge is -2.25. The van der Waals surface area contributed by atoms with Crippen LogP contribution in [0.15, 0.2) is 66.1 Å². The molecule has 3 N–H and O–H groups in total. The molecule has 1 atom stereocenters. The van der Waals surface area contributed by atoms with Gasteiger partial charge in [0.05, 0.1) is 38.5 Å². The summed E-state index contributed by atoms with van der Waals surface area (Å²) in [5, 5.41) is 19.7. The zero-order valence-corrected chi connectivity index (χ0v) is 18.9. The van der Waals surface area contributed by atoms with Crippen molar-refractivity contribution in [2.75, 3.05) is 21.3 Å². The molecule has 0 spiro atoms. The van der Waals surface area contributed by atoms with Gasteiger partial charge in [-0.2, -0.15) is 5.26 Å². The number of hydrogen-bond donors (Lipinski definition) is 2. The van der Waals surface area contributed by atoms with Crippen LogP contribution in [0.3, 0.4) is 0 Å². The average Bonchev–Trinajstić information content (AvgIpc) is 3.29. The second-order valence-electron chi connectivity index (χ2n) is 7.76. The van der Waals surface area contributed by atoms with Crippen LogP contribution in [-0.2, 0) is 0 Å². The molecule has 8 nitrogen and oxygen atoms in total. The predicted molar refractivity (Wildman–Crippen MR) is 127 cm³/mol. The van der Waals surface area contributed by atoms with Gasteiger partial charge in [0.25, 0.3) is 0 Å². The highest BCUT2D eigenvalue weighted by Gasteiger charge is 2.36. The van der Waals surface area contributed by atoms with E-state index in [4.69, 9.17) is 24.7 Å². The summed E-state index contributed by atoms with van der Waals surface area (Å²) in [5.41, 5.74) is 9.49. The molecule has 0 saturated heterocycles. The van der Waals surface area contributed by atoms with E-state index in [0.29, 0.717) is 28.7 Å². The van der Waals surface area contributed by atoms with E-state index in [0.717, 1.165) is 27.6 Å². The highest BCUT2D eigenvalue weighted by Crippen LogP contribution is 2.49. The van der Waals surface area contributed by atoms with Gasteiger partial charge in [0.2, 0.25) is 17.5 Å². The largest absolute Gasteiger partial charge is 0.493 e. The van der Waals surface area contributed by atoms with E-state index in [1.807, 2.05) is 42.5 Å². The number of hydrogen-bond acceptors (Lipinski definition) is 7. The fraction of sp³-hybridized carbons (Fsp3) is 0.154. The van der Waals surface area contributed by atoms with Gasteiger partial charge in [-0.05, 0) is 34.5 Å². The number of methoxy groups -OCH3 is 3. The monoisotopic (exact) mass is 454 g/mol. The van der Waals surface area contributed by atoms with Gasteiger partial charge in [0, 0.05) is 5.56 Å². The smallest absolute Gasteiger partial charge is 0.244 e. The molecule has 0 unspecified atom stereocenters. The van der Waals surface area contributed by atoms with Crippen molar-refractivity contribution in [3.05, 3.63) is 77.2 Å². The first kappa shape index (κ1) is 21.2. The summed E-state index contributed by atoms with van der Waals surface area (Å²) >= 11 is 0. The first-order valence-corrected chi connectivity index (χ1v) is 10.5. The standard InChI is InChI=1S/C26H22N4O4/c1-31-19-11-17(12-20(32-2)24(19)33-3)21-18(13-27)25(28)34-26-22(21)23(29-30-26)16-9-8-14-6-4-5-7-15(14)10-16/h4-12,21H,28H2,1-3H3,(H,29,30)/t21-/m0/s1. The molecule has 4 aromatic rings. The number of aromatic nitrogens is 2. The molecular weight excluding hydrogens is 432 g/mol. The number of nitrogens with two attached hydrogens (primary N) is 1. The highest BCUT2D eigenvalue weighted by atomic mass is 16.5. The van der Waals surface area contributed by atoms with E-state index in [-0.39, 0.29) is 11.5 Å². The van der Waals surface area contributed by atoms with Crippen LogP contribution in [-0.4, -0.2) is 31.5 Å². The second kappa shape index (κ2) is 8.37. The summed E-state index contributed by atoms with van der Waals surface area (Å²) in [5.74, 6) is 1.15. The molecule has 3 aromatic carbocycles. The maximum Gasteiger partial charge on any atom is 0.244 e. The fourth-order valence-corrected chi connectivity index (χ4v) is 4.41. The van der Waals surface area contributed by atoms with Gasteiger partial charge >= 0.3 is 0 Å². The number of nitrogens with one attached hydrogen (secondary N) is 1. The second-order valence-corrected chi connectivity index (χ2v) is 7.76. The van der Waals surface area contributed by atoms with Crippen LogP contribution in [0.2, 0.25) is 0 Å². The van der Waals surface area contributed by atoms with Gasteiger partial charge < -0.3 is 24.7 Å². The fourth-order valence-electron chi connectivity index (χ4n) is 4.41. The lowest BCUT2D eigenvalue weighted by molar-refractivity contribution is 0.323. The van der Waals surface area contributed by atoms with Crippen LogP contribution in [0.5, 0.6) is 23.1 Å². The molecule has 0 aliphatic carbocycles. The Morgan fingerprint density at radius 2 is 1.68 bits per heavy atom. The van der Waals surface area contributed by atoms with Crippen molar-refractivity contribution in [3.8, 4) is 40.5 Å². The number of nitriles is 1. The van der Waals surface area contributed by atoms with Crippen LogP contribution < -0.4 is 24.7 Å². The summed E-state index contributed by atoms with van der Waals surface area (Å²) < 4.78 is 22.3. The molecule has 2 heterocycles. The molecule has 0 amide bonds. The Morgan fingerprint density at radius 3 is 2.32 bits per heavy atom. The van der Waals surface area contributed by atoms with Crippen molar-refractivity contribution in [2.45, 2.75) is 5.92 Å². The van der Waals surface area contributed by atoms with Crippen molar-refractivity contribution < 1.29 is 18.9 Å². The Balaban J connectivity index is 1.75. The van der Waals surface area contributed by atoms with E-state index in [9.17, 15) is 5.26 Å². The maximum atomic E-state index is 10.0. The molecule has 34 heavy (non-hydrogen) atoms. The lowest BCUT2D eigenvalue weighted by Crippen LogP contribution is -2.21. The molecule has 1 aliphatic rings. The van der Waals surface area contributed by atoms with Crippen LogP contribution in [0.1, 0.15) is 17.0 Å². The van der Waals surface area contributed by atoms with Gasteiger partial charge in [0.15, 0.2) is 11.5 Å². The minimum absolute atomic E-state index is 0.00492. The summed E-state index contributed by atoms with van der Waals surface area (Å²) in [4.78, 5) is 0. The third kappa shape index (κ3) is 3.26. The van der Waals surface area contributed by atoms with E-state index in [1.54, 1.807) is 21.3 Å². The van der Waals surface area contributed by atoms with Crippen LogP contribution in [0.25, 0.3) is 22.0 Å². The lowest BCUT2D eigenvalue weighted by atomic mass is 9.82.